The van der Waals surface area contributed by atoms with Crippen LogP contribution in [0.15, 0.2) is 41.7 Å². The van der Waals surface area contributed by atoms with E-state index in [1.807, 2.05) is 31.2 Å². The number of hydrogen-bond donors (Lipinski definition) is 1. The summed E-state index contributed by atoms with van der Waals surface area (Å²) >= 11 is 0. The maximum atomic E-state index is 6.02. The maximum absolute atomic E-state index is 6.02. The molecule has 31 heavy (non-hydrogen) atoms. The van der Waals surface area contributed by atoms with Gasteiger partial charge in [-0.3, -0.25) is 9.67 Å². The molecule has 1 aliphatic carbocycles. The van der Waals surface area contributed by atoms with Crippen molar-refractivity contribution in [3.05, 3.63) is 47.8 Å². The lowest BCUT2D eigenvalue weighted by Gasteiger charge is -2.40. The number of rotatable bonds is 5. The number of benzene rings is 1. The lowest BCUT2D eigenvalue weighted by Crippen LogP contribution is -2.51. The SMILES string of the molecule is CN=C(NCC1(c2ccc(OC)cc2)CCCCC1)N1CCOC(c2cnn(C)c2)C1. The predicted octanol–water partition coefficient (Wildman–Crippen LogP) is 3.28. The largest absolute Gasteiger partial charge is 0.497 e. The van der Waals surface area contributed by atoms with E-state index >= 15 is 0 Å². The third-order valence-corrected chi connectivity index (χ3v) is 6.77. The summed E-state index contributed by atoms with van der Waals surface area (Å²) in [5.41, 5.74) is 2.64. The number of ether oxygens (including phenoxy) is 2. The van der Waals surface area contributed by atoms with E-state index in [1.165, 1.54) is 37.7 Å². The van der Waals surface area contributed by atoms with E-state index in [9.17, 15) is 0 Å². The van der Waals surface area contributed by atoms with Gasteiger partial charge in [0.2, 0.25) is 0 Å². The van der Waals surface area contributed by atoms with Crippen LogP contribution < -0.4 is 10.1 Å². The van der Waals surface area contributed by atoms with Crippen LogP contribution in [0.25, 0.3) is 0 Å². The molecule has 0 bridgehead atoms. The average Bonchev–Trinajstić information content (AvgIpc) is 3.27. The fourth-order valence-corrected chi connectivity index (χ4v) is 4.97. The zero-order chi connectivity index (χ0) is 21.7. The van der Waals surface area contributed by atoms with Crippen molar-refractivity contribution in [1.29, 1.82) is 0 Å². The first-order chi connectivity index (χ1) is 15.1. The first-order valence-electron chi connectivity index (χ1n) is 11.3. The quantitative estimate of drug-likeness (QED) is 0.588. The molecule has 4 rings (SSSR count). The number of guanidine groups is 1. The normalized spacial score (nSPS) is 21.7. The number of aromatic nitrogens is 2. The van der Waals surface area contributed by atoms with Crippen LogP contribution in [0.3, 0.4) is 0 Å². The molecular weight excluding hydrogens is 390 g/mol. The second-order valence-electron chi connectivity index (χ2n) is 8.72. The minimum atomic E-state index is 0.0197. The first-order valence-corrected chi connectivity index (χ1v) is 11.3. The Morgan fingerprint density at radius 3 is 2.68 bits per heavy atom. The van der Waals surface area contributed by atoms with Crippen LogP contribution in [-0.4, -0.2) is 61.0 Å². The van der Waals surface area contributed by atoms with Gasteiger partial charge in [0.05, 0.1) is 26.5 Å². The topological polar surface area (TPSA) is 63.9 Å². The van der Waals surface area contributed by atoms with Crippen molar-refractivity contribution in [1.82, 2.24) is 20.0 Å². The molecule has 168 valence electrons. The molecule has 0 radical (unpaired) electrons. The number of morpholine rings is 1. The number of nitrogens with zero attached hydrogens (tertiary/aromatic N) is 4. The van der Waals surface area contributed by atoms with Gasteiger partial charge in [0.1, 0.15) is 11.9 Å². The maximum Gasteiger partial charge on any atom is 0.193 e. The summed E-state index contributed by atoms with van der Waals surface area (Å²) in [4.78, 5) is 6.93. The van der Waals surface area contributed by atoms with Crippen LogP contribution in [-0.2, 0) is 17.2 Å². The second kappa shape index (κ2) is 9.73. The Kier molecular flexibility index (Phi) is 6.80. The highest BCUT2D eigenvalue weighted by Gasteiger charge is 2.35. The molecule has 7 heteroatoms. The van der Waals surface area contributed by atoms with E-state index in [4.69, 9.17) is 9.47 Å². The van der Waals surface area contributed by atoms with E-state index in [0.717, 1.165) is 36.9 Å². The van der Waals surface area contributed by atoms with E-state index < -0.39 is 0 Å². The Morgan fingerprint density at radius 2 is 2.03 bits per heavy atom. The van der Waals surface area contributed by atoms with Crippen molar-refractivity contribution in [2.75, 3.05) is 40.4 Å². The first kappa shape index (κ1) is 21.7. The molecule has 2 aromatic rings. The van der Waals surface area contributed by atoms with Crippen molar-refractivity contribution in [2.45, 2.75) is 43.6 Å². The van der Waals surface area contributed by atoms with Gasteiger partial charge in [-0.05, 0) is 30.5 Å². The van der Waals surface area contributed by atoms with Crippen molar-refractivity contribution >= 4 is 5.96 Å². The van der Waals surface area contributed by atoms with Crippen LogP contribution in [0, 0.1) is 0 Å². The molecule has 1 saturated carbocycles. The molecule has 1 N–H and O–H groups in total. The van der Waals surface area contributed by atoms with Crippen molar-refractivity contribution < 1.29 is 9.47 Å². The number of methoxy groups -OCH3 is 1. The molecule has 1 aromatic carbocycles. The van der Waals surface area contributed by atoms with E-state index in [0.29, 0.717) is 6.61 Å². The second-order valence-corrected chi connectivity index (χ2v) is 8.72. The van der Waals surface area contributed by atoms with Gasteiger partial charge >= 0.3 is 0 Å². The summed E-state index contributed by atoms with van der Waals surface area (Å²) < 4.78 is 13.2. The molecule has 2 heterocycles. The summed E-state index contributed by atoms with van der Waals surface area (Å²) in [6.07, 6.45) is 10.2. The van der Waals surface area contributed by atoms with Crippen LogP contribution in [0.1, 0.15) is 49.3 Å². The summed E-state index contributed by atoms with van der Waals surface area (Å²) in [5.74, 6) is 1.86. The molecule has 0 spiro atoms. The summed E-state index contributed by atoms with van der Waals surface area (Å²) in [6.45, 7) is 3.19. The summed E-state index contributed by atoms with van der Waals surface area (Å²) in [7, 11) is 5.53. The fraction of sp³-hybridized carbons (Fsp3) is 0.583. The molecule has 2 aliphatic rings. The van der Waals surface area contributed by atoms with Crippen LogP contribution >= 0.6 is 0 Å². The zero-order valence-corrected chi connectivity index (χ0v) is 19.0. The van der Waals surface area contributed by atoms with Gasteiger partial charge < -0.3 is 19.7 Å². The lowest BCUT2D eigenvalue weighted by molar-refractivity contribution is -0.00815. The summed E-state index contributed by atoms with van der Waals surface area (Å²) in [5, 5.41) is 8.02. The fourth-order valence-electron chi connectivity index (χ4n) is 4.97. The minimum Gasteiger partial charge on any atom is -0.497 e. The van der Waals surface area contributed by atoms with Gasteiger partial charge in [-0.2, -0.15) is 5.10 Å². The molecule has 0 amide bonds. The van der Waals surface area contributed by atoms with E-state index in [1.54, 1.807) is 7.11 Å². The van der Waals surface area contributed by atoms with E-state index in [2.05, 4.69) is 44.6 Å². The molecule has 1 unspecified atom stereocenters. The number of aliphatic imine (C=N–C) groups is 1. The molecule has 2 fully saturated rings. The van der Waals surface area contributed by atoms with Gasteiger partial charge in [0.25, 0.3) is 0 Å². The smallest absolute Gasteiger partial charge is 0.193 e. The number of hydrogen-bond acceptors (Lipinski definition) is 4. The van der Waals surface area contributed by atoms with Gasteiger partial charge in [-0.25, -0.2) is 0 Å². The van der Waals surface area contributed by atoms with Gasteiger partial charge in [-0.15, -0.1) is 0 Å². The highest BCUT2D eigenvalue weighted by Crippen LogP contribution is 2.39. The number of nitrogens with one attached hydrogen (secondary N) is 1. The highest BCUT2D eigenvalue weighted by atomic mass is 16.5. The molecule has 1 aliphatic heterocycles. The van der Waals surface area contributed by atoms with Gasteiger partial charge in [0.15, 0.2) is 5.96 Å². The third-order valence-electron chi connectivity index (χ3n) is 6.77. The molecule has 1 saturated heterocycles. The van der Waals surface area contributed by atoms with Crippen molar-refractivity contribution in [3.8, 4) is 5.75 Å². The Labute approximate surface area is 185 Å². The number of aryl methyl sites for hydroxylation is 1. The van der Waals surface area contributed by atoms with Crippen molar-refractivity contribution in [2.24, 2.45) is 12.0 Å². The predicted molar refractivity (Wildman–Crippen MR) is 123 cm³/mol. The third kappa shape index (κ3) is 4.87. The monoisotopic (exact) mass is 425 g/mol. The summed E-state index contributed by atoms with van der Waals surface area (Å²) in [6, 6.07) is 8.64. The van der Waals surface area contributed by atoms with E-state index in [-0.39, 0.29) is 11.5 Å². The Morgan fingerprint density at radius 1 is 1.26 bits per heavy atom. The zero-order valence-electron chi connectivity index (χ0n) is 19.0. The highest BCUT2D eigenvalue weighted by molar-refractivity contribution is 5.80. The molecular formula is C24H35N5O2. The Hall–Kier alpha value is -2.54. The van der Waals surface area contributed by atoms with Crippen LogP contribution in [0.2, 0.25) is 0 Å². The Balaban J connectivity index is 1.46. The Bertz CT molecular complexity index is 870. The van der Waals surface area contributed by atoms with Crippen LogP contribution in [0.4, 0.5) is 0 Å². The lowest BCUT2D eigenvalue weighted by atomic mass is 9.69. The molecule has 1 atom stereocenters. The average molecular weight is 426 g/mol. The van der Waals surface area contributed by atoms with Gasteiger partial charge in [0, 0.05) is 44.4 Å². The minimum absolute atomic E-state index is 0.0197. The van der Waals surface area contributed by atoms with Crippen LogP contribution in [0.5, 0.6) is 5.75 Å². The molecule has 1 aromatic heterocycles. The van der Waals surface area contributed by atoms with Gasteiger partial charge in [-0.1, -0.05) is 31.4 Å². The molecule has 7 nitrogen and oxygen atoms in total. The standard InChI is InChI=1S/C24H35N5O2/c1-25-23(29-13-14-31-22(17-29)19-15-27-28(2)16-19)26-18-24(11-5-4-6-12-24)20-7-9-21(30-3)10-8-20/h7-10,15-16,22H,4-6,11-14,17-18H2,1-3H3,(H,25,26). The van der Waals surface area contributed by atoms with Crippen molar-refractivity contribution in [3.63, 3.8) is 0 Å².